The van der Waals surface area contributed by atoms with E-state index in [-0.39, 0.29) is 11.8 Å². The van der Waals surface area contributed by atoms with Crippen LogP contribution in [0, 0.1) is 6.92 Å². The van der Waals surface area contributed by atoms with Crippen molar-refractivity contribution in [2.24, 2.45) is 0 Å². The molecule has 1 aliphatic heterocycles. The van der Waals surface area contributed by atoms with Gasteiger partial charge in [-0.2, -0.15) is 0 Å². The number of aryl methyl sites for hydroxylation is 1. The molecule has 0 bridgehead atoms. The zero-order valence-corrected chi connectivity index (χ0v) is 14.3. The van der Waals surface area contributed by atoms with Crippen molar-refractivity contribution in [2.75, 3.05) is 53.0 Å². The highest BCUT2D eigenvalue weighted by Gasteiger charge is 2.21. The standard InChI is InChI=1S/C17H25N3O4/c1-14-3-4-15(24-14)5-6-17(22)20-10-8-19(9-11-20)13-16(21)18-7-12-23-2/h3-6H,7-13H2,1-2H3,(H,18,21). The van der Waals surface area contributed by atoms with Crippen molar-refractivity contribution >= 4 is 17.9 Å². The lowest BCUT2D eigenvalue weighted by Crippen LogP contribution is -2.51. The van der Waals surface area contributed by atoms with Gasteiger partial charge in [0.2, 0.25) is 11.8 Å². The molecule has 1 aromatic heterocycles. The highest BCUT2D eigenvalue weighted by Crippen LogP contribution is 2.09. The van der Waals surface area contributed by atoms with Crippen molar-refractivity contribution < 1.29 is 18.7 Å². The van der Waals surface area contributed by atoms with Gasteiger partial charge in [0, 0.05) is 45.9 Å². The molecule has 0 aromatic carbocycles. The Balaban J connectivity index is 1.71. The third-order valence-corrected chi connectivity index (χ3v) is 3.83. The molecule has 0 unspecified atom stereocenters. The van der Waals surface area contributed by atoms with Gasteiger partial charge in [-0.15, -0.1) is 0 Å². The van der Waals surface area contributed by atoms with Gasteiger partial charge in [-0.25, -0.2) is 0 Å². The number of piperazine rings is 1. The molecule has 1 N–H and O–H groups in total. The van der Waals surface area contributed by atoms with Crippen LogP contribution in [0.3, 0.4) is 0 Å². The monoisotopic (exact) mass is 335 g/mol. The first-order chi connectivity index (χ1) is 11.6. The number of rotatable bonds is 7. The molecule has 1 aromatic rings. The van der Waals surface area contributed by atoms with E-state index in [2.05, 4.69) is 5.32 Å². The van der Waals surface area contributed by atoms with Crippen molar-refractivity contribution in [2.45, 2.75) is 6.92 Å². The first-order valence-corrected chi connectivity index (χ1v) is 8.10. The maximum absolute atomic E-state index is 12.2. The summed E-state index contributed by atoms with van der Waals surface area (Å²) in [6.07, 6.45) is 3.22. The summed E-state index contributed by atoms with van der Waals surface area (Å²) >= 11 is 0. The Labute approximate surface area is 142 Å². The van der Waals surface area contributed by atoms with Gasteiger partial charge in [0.1, 0.15) is 11.5 Å². The molecule has 132 valence electrons. The number of ether oxygens (including phenoxy) is 1. The average molecular weight is 335 g/mol. The van der Waals surface area contributed by atoms with Crippen LogP contribution < -0.4 is 5.32 Å². The van der Waals surface area contributed by atoms with Gasteiger partial charge in [0.05, 0.1) is 13.2 Å². The smallest absolute Gasteiger partial charge is 0.246 e. The van der Waals surface area contributed by atoms with Crippen molar-refractivity contribution in [1.82, 2.24) is 15.1 Å². The van der Waals surface area contributed by atoms with Crippen LogP contribution in [0.2, 0.25) is 0 Å². The molecule has 0 spiro atoms. The number of nitrogens with zero attached hydrogens (tertiary/aromatic N) is 2. The zero-order chi connectivity index (χ0) is 17.4. The van der Waals surface area contributed by atoms with Crippen LogP contribution in [-0.4, -0.2) is 74.6 Å². The maximum atomic E-state index is 12.2. The number of hydrogen-bond donors (Lipinski definition) is 1. The molecule has 2 heterocycles. The number of carbonyl (C=O) groups excluding carboxylic acids is 2. The number of furan rings is 1. The van der Waals surface area contributed by atoms with Gasteiger partial charge in [-0.1, -0.05) is 0 Å². The summed E-state index contributed by atoms with van der Waals surface area (Å²) in [4.78, 5) is 27.8. The van der Waals surface area contributed by atoms with Crippen LogP contribution in [0.5, 0.6) is 0 Å². The summed E-state index contributed by atoms with van der Waals surface area (Å²) in [7, 11) is 1.60. The first kappa shape index (κ1) is 18.2. The SMILES string of the molecule is COCCNC(=O)CN1CCN(C(=O)C=Cc2ccc(C)o2)CC1. The lowest BCUT2D eigenvalue weighted by molar-refractivity contribution is -0.128. The van der Waals surface area contributed by atoms with E-state index in [1.165, 1.54) is 6.08 Å². The van der Waals surface area contributed by atoms with E-state index in [0.717, 1.165) is 5.76 Å². The van der Waals surface area contributed by atoms with E-state index in [0.29, 0.717) is 51.6 Å². The minimum atomic E-state index is -0.0340. The lowest BCUT2D eigenvalue weighted by Gasteiger charge is -2.33. The van der Waals surface area contributed by atoms with Crippen LogP contribution in [0.1, 0.15) is 11.5 Å². The first-order valence-electron chi connectivity index (χ1n) is 8.10. The number of nitrogens with one attached hydrogen (secondary N) is 1. The molecule has 0 atom stereocenters. The van der Waals surface area contributed by atoms with Gasteiger partial charge in [-0.3, -0.25) is 14.5 Å². The molecule has 1 saturated heterocycles. The van der Waals surface area contributed by atoms with E-state index >= 15 is 0 Å². The number of carbonyl (C=O) groups is 2. The average Bonchev–Trinajstić information content (AvgIpc) is 2.99. The molecule has 7 nitrogen and oxygen atoms in total. The van der Waals surface area contributed by atoms with Crippen LogP contribution in [-0.2, 0) is 14.3 Å². The second-order valence-electron chi connectivity index (χ2n) is 5.73. The molecule has 0 aliphatic carbocycles. The van der Waals surface area contributed by atoms with Crippen molar-refractivity contribution in [3.8, 4) is 0 Å². The Morgan fingerprint density at radius 1 is 1.29 bits per heavy atom. The fourth-order valence-electron chi connectivity index (χ4n) is 2.48. The molecule has 1 aliphatic rings. The van der Waals surface area contributed by atoms with Crippen LogP contribution in [0.15, 0.2) is 22.6 Å². The molecule has 2 amide bonds. The van der Waals surface area contributed by atoms with Crippen molar-refractivity contribution in [3.05, 3.63) is 29.7 Å². The molecule has 24 heavy (non-hydrogen) atoms. The Bertz CT molecular complexity index is 574. The van der Waals surface area contributed by atoms with Crippen molar-refractivity contribution in [3.63, 3.8) is 0 Å². The molecular weight excluding hydrogens is 310 g/mol. The minimum Gasteiger partial charge on any atom is -0.462 e. The van der Waals surface area contributed by atoms with E-state index in [9.17, 15) is 9.59 Å². The third-order valence-electron chi connectivity index (χ3n) is 3.83. The minimum absolute atomic E-state index is 0.0140. The number of amides is 2. The normalized spacial score (nSPS) is 15.8. The lowest BCUT2D eigenvalue weighted by atomic mass is 10.3. The summed E-state index contributed by atoms with van der Waals surface area (Å²) in [5, 5.41) is 2.80. The molecular formula is C17H25N3O4. The van der Waals surface area contributed by atoms with E-state index < -0.39 is 0 Å². The second kappa shape index (κ2) is 9.24. The van der Waals surface area contributed by atoms with Crippen LogP contribution >= 0.6 is 0 Å². The Kier molecular flexibility index (Phi) is 7.02. The summed E-state index contributed by atoms with van der Waals surface area (Å²) < 4.78 is 10.3. The van der Waals surface area contributed by atoms with Crippen LogP contribution in [0.25, 0.3) is 6.08 Å². The van der Waals surface area contributed by atoms with E-state index in [4.69, 9.17) is 9.15 Å². The van der Waals surface area contributed by atoms with E-state index in [1.54, 1.807) is 18.1 Å². The fourth-order valence-corrected chi connectivity index (χ4v) is 2.48. The summed E-state index contributed by atoms with van der Waals surface area (Å²) in [6.45, 7) is 5.86. The molecule has 0 saturated carbocycles. The number of hydrogen-bond acceptors (Lipinski definition) is 5. The predicted molar refractivity (Wildman–Crippen MR) is 90.4 cm³/mol. The summed E-state index contributed by atoms with van der Waals surface area (Å²) in [6, 6.07) is 3.69. The van der Waals surface area contributed by atoms with Crippen molar-refractivity contribution in [1.29, 1.82) is 0 Å². The summed E-state index contributed by atoms with van der Waals surface area (Å²) in [5.74, 6) is 1.44. The van der Waals surface area contributed by atoms with E-state index in [1.807, 2.05) is 24.0 Å². The predicted octanol–water partition coefficient (Wildman–Crippen LogP) is 0.508. The molecule has 1 fully saturated rings. The quantitative estimate of drug-likeness (QED) is 0.580. The fraction of sp³-hybridized carbons (Fsp3) is 0.529. The van der Waals surface area contributed by atoms with Gasteiger partial charge in [-0.05, 0) is 25.1 Å². The Morgan fingerprint density at radius 3 is 2.67 bits per heavy atom. The largest absolute Gasteiger partial charge is 0.462 e. The molecule has 2 rings (SSSR count). The van der Waals surface area contributed by atoms with Gasteiger partial charge in [0.25, 0.3) is 0 Å². The molecule has 0 radical (unpaired) electrons. The van der Waals surface area contributed by atoms with Gasteiger partial charge >= 0.3 is 0 Å². The Morgan fingerprint density at radius 2 is 2.04 bits per heavy atom. The van der Waals surface area contributed by atoms with Crippen LogP contribution in [0.4, 0.5) is 0 Å². The zero-order valence-electron chi connectivity index (χ0n) is 14.3. The third kappa shape index (κ3) is 5.82. The van der Waals surface area contributed by atoms with Gasteiger partial charge < -0.3 is 19.4 Å². The highest BCUT2D eigenvalue weighted by atomic mass is 16.5. The number of methoxy groups -OCH3 is 1. The van der Waals surface area contributed by atoms with Gasteiger partial charge in [0.15, 0.2) is 0 Å². The summed E-state index contributed by atoms with van der Waals surface area (Å²) in [5.41, 5.74) is 0. The maximum Gasteiger partial charge on any atom is 0.246 e. The second-order valence-corrected chi connectivity index (χ2v) is 5.73. The highest BCUT2D eigenvalue weighted by molar-refractivity contribution is 5.91. The topological polar surface area (TPSA) is 75.0 Å². The molecule has 7 heteroatoms. The Hall–Kier alpha value is -2.12.